The van der Waals surface area contributed by atoms with Crippen molar-refractivity contribution in [2.24, 2.45) is 0 Å². The molecule has 0 aliphatic heterocycles. The Morgan fingerprint density at radius 1 is 0.243 bits per heavy atom. The monoisotopic (exact) mass is 2190 g/mol. The van der Waals surface area contributed by atoms with Gasteiger partial charge in [0.1, 0.15) is 74.0 Å². The molecular formula is C102H105F16NO16S9. The van der Waals surface area contributed by atoms with Gasteiger partial charge < -0.3 is 21.6 Å². The lowest BCUT2D eigenvalue weighted by atomic mass is 9.88. The SMILES string of the molecule is CC(C)c1cc(C(C)C)c(OS(=O)(=O)C(F)(F)S(=O)(=O)[N-]S(=O)(=O)C(F)(F)F)c(C(C)C)c1.CC(C)c1cc(C(C)C)c(OS(=O)(=O)C(F)(F)S(=O)(=O)[O-])c(C(C)C)c1.CC(C)c1cc(C(C)C)c(S(=O)(=O)[O-])c(C(C)C)c1.Fc1ccc([S+](c2ccc(F)cc2)c2ccc(F)cc2)cc1.Fc1ccc([S+](c2ccc(F)cc2)c2ccc(F)cc2)cc1.Fc1ccc([S+](c2ccc(F)cc2)c2ccc(F)cc2)cc1. The fourth-order valence-electron chi connectivity index (χ4n) is 13.3. The summed E-state index contributed by atoms with van der Waals surface area (Å²) in [6, 6.07) is 65.6. The minimum Gasteiger partial charge on any atom is -0.744 e. The Kier molecular flexibility index (Phi) is 41.9. The summed E-state index contributed by atoms with van der Waals surface area (Å²) in [6.45, 7) is 32.4. The Bertz CT molecular complexity index is 6350. The largest absolute Gasteiger partial charge is 0.744 e. The Balaban J connectivity index is 0.000000236. The molecule has 0 bridgehead atoms. The topological polar surface area (TPSA) is 284 Å². The van der Waals surface area contributed by atoms with Gasteiger partial charge in [0.05, 0.1) is 37.6 Å². The lowest BCUT2D eigenvalue weighted by Gasteiger charge is -2.28. The number of alkyl halides is 7. The van der Waals surface area contributed by atoms with Crippen LogP contribution >= 0.6 is 0 Å². The fourth-order valence-corrected chi connectivity index (χ4v) is 25.8. The van der Waals surface area contributed by atoms with Gasteiger partial charge in [-0.1, -0.05) is 161 Å². The van der Waals surface area contributed by atoms with Gasteiger partial charge in [-0.25, -0.2) is 73.2 Å². The molecule has 0 aromatic heterocycles. The zero-order valence-corrected chi connectivity index (χ0v) is 88.0. The molecule has 12 aromatic carbocycles. The summed E-state index contributed by atoms with van der Waals surface area (Å²) in [5.74, 6) is -5.09. The summed E-state index contributed by atoms with van der Waals surface area (Å²) in [7, 11) is -39.2. The number of hydrogen-bond donors (Lipinski definition) is 0. The third-order valence-electron chi connectivity index (χ3n) is 21.0. The van der Waals surface area contributed by atoms with Crippen LogP contribution in [0.25, 0.3) is 4.13 Å². The zero-order valence-electron chi connectivity index (χ0n) is 80.6. The van der Waals surface area contributed by atoms with Gasteiger partial charge >= 0.3 is 34.9 Å². The van der Waals surface area contributed by atoms with E-state index in [2.05, 4.69) is 22.2 Å². The van der Waals surface area contributed by atoms with Crippen molar-refractivity contribution < 1.29 is 138 Å². The van der Waals surface area contributed by atoms with Crippen LogP contribution < -0.4 is 8.37 Å². The third kappa shape index (κ3) is 31.7. The second kappa shape index (κ2) is 50.0. The van der Waals surface area contributed by atoms with E-state index in [1.54, 1.807) is 177 Å². The van der Waals surface area contributed by atoms with E-state index in [9.17, 15) is 130 Å². The molecule has 0 aliphatic rings. The quantitative estimate of drug-likeness (QED) is 0.0182. The number of rotatable bonds is 29. The van der Waals surface area contributed by atoms with E-state index in [1.807, 2.05) is 67.5 Å². The van der Waals surface area contributed by atoms with Crippen molar-refractivity contribution in [2.75, 3.05) is 0 Å². The number of halogens is 16. The van der Waals surface area contributed by atoms with E-state index in [4.69, 9.17) is 0 Å². The van der Waals surface area contributed by atoms with E-state index in [1.165, 1.54) is 121 Å². The lowest BCUT2D eigenvalue weighted by Crippen LogP contribution is -2.42. The summed E-state index contributed by atoms with van der Waals surface area (Å²) < 4.78 is 371. The first-order valence-electron chi connectivity index (χ1n) is 43.9. The van der Waals surface area contributed by atoms with Gasteiger partial charge in [0.2, 0.25) is 0 Å². The van der Waals surface area contributed by atoms with Crippen molar-refractivity contribution in [3.8, 4) is 11.5 Å². The zero-order chi connectivity index (χ0) is 109. The van der Waals surface area contributed by atoms with Gasteiger partial charge in [-0.2, -0.15) is 47.6 Å². The second-order valence-electron chi connectivity index (χ2n) is 34.9. The third-order valence-corrected chi connectivity index (χ3v) is 36.4. The minimum atomic E-state index is -7.10. The van der Waals surface area contributed by atoms with Gasteiger partial charge in [0.25, 0.3) is 0 Å². The van der Waals surface area contributed by atoms with Crippen molar-refractivity contribution >= 4 is 93.2 Å². The number of hydrogen-bond acceptors (Lipinski definition) is 16. The van der Waals surface area contributed by atoms with Crippen molar-refractivity contribution in [1.29, 1.82) is 0 Å². The maximum Gasteiger partial charge on any atom is 0.480 e. The van der Waals surface area contributed by atoms with Crippen LogP contribution in [0, 0.1) is 52.4 Å². The van der Waals surface area contributed by atoms with Crippen LogP contribution in [0.1, 0.15) is 228 Å². The van der Waals surface area contributed by atoms with Gasteiger partial charge in [-0.15, -0.1) is 0 Å². The van der Waals surface area contributed by atoms with E-state index >= 15 is 0 Å². The van der Waals surface area contributed by atoms with Gasteiger partial charge in [0, 0.05) is 0 Å². The Morgan fingerprint density at radius 3 is 0.542 bits per heavy atom. The van der Waals surface area contributed by atoms with Crippen LogP contribution in [-0.2, 0) is 93.2 Å². The van der Waals surface area contributed by atoms with Crippen LogP contribution in [-0.4, -0.2) is 74.3 Å². The Hall–Kier alpha value is -10.3. The van der Waals surface area contributed by atoms with Crippen molar-refractivity contribution in [3.63, 3.8) is 0 Å². The van der Waals surface area contributed by atoms with Crippen molar-refractivity contribution in [2.45, 2.75) is 242 Å². The molecule has 0 radical (unpaired) electrons. The summed E-state index contributed by atoms with van der Waals surface area (Å²) in [4.78, 5) is 7.98. The first-order valence-corrected chi connectivity index (χ1v) is 56.1. The molecule has 144 heavy (non-hydrogen) atoms. The summed E-state index contributed by atoms with van der Waals surface area (Å²) >= 11 is 0. The predicted octanol–water partition coefficient (Wildman–Crippen LogP) is 28.3. The molecule has 0 heterocycles. The smallest absolute Gasteiger partial charge is 0.480 e. The van der Waals surface area contributed by atoms with Crippen LogP contribution in [0.15, 0.2) is 304 Å². The summed E-state index contributed by atoms with van der Waals surface area (Å²) in [5.41, 5.74) is -1.55. The van der Waals surface area contributed by atoms with Crippen LogP contribution in [0.5, 0.6) is 11.5 Å². The molecule has 42 heteroatoms. The average Bonchev–Trinajstić information content (AvgIpc) is 0.740. The highest BCUT2D eigenvalue weighted by molar-refractivity contribution is 8.18. The van der Waals surface area contributed by atoms with E-state index in [0.29, 0.717) is 33.7 Å². The first-order chi connectivity index (χ1) is 66.5. The van der Waals surface area contributed by atoms with Gasteiger partial charge in [-0.3, -0.25) is 0 Å². The number of benzene rings is 12. The van der Waals surface area contributed by atoms with E-state index in [-0.39, 0.29) is 110 Å². The molecule has 780 valence electrons. The molecule has 0 atom stereocenters. The average molecular weight is 2190 g/mol. The van der Waals surface area contributed by atoms with Crippen molar-refractivity contribution in [3.05, 3.63) is 361 Å². The molecule has 17 nitrogen and oxygen atoms in total. The highest BCUT2D eigenvalue weighted by Crippen LogP contribution is 2.47. The highest BCUT2D eigenvalue weighted by atomic mass is 32.3. The molecule has 12 rings (SSSR count). The highest BCUT2D eigenvalue weighted by Gasteiger charge is 2.59. The van der Waals surface area contributed by atoms with E-state index < -0.39 is 125 Å². The maximum atomic E-state index is 14.4. The molecule has 0 amide bonds. The van der Waals surface area contributed by atoms with Crippen LogP contribution in [0.4, 0.5) is 70.2 Å². The van der Waals surface area contributed by atoms with Gasteiger partial charge in [-0.05, 0) is 322 Å². The number of sulfonamides is 2. The fraction of sp³-hybridized carbons (Fsp3) is 0.294. The second-order valence-corrected chi connectivity index (χ2v) is 50.8. The normalized spacial score (nSPS) is 12.4. The van der Waals surface area contributed by atoms with Gasteiger partial charge in [0.15, 0.2) is 74.2 Å². The van der Waals surface area contributed by atoms with Crippen LogP contribution in [0.2, 0.25) is 0 Å². The molecule has 0 spiro atoms. The first kappa shape index (κ1) is 121. The molecular weight excluding hydrogens is 2090 g/mol. The standard InChI is InChI=1S/3C18H12F3S.C17H23F5NO7S3.C16H24F2O6S2.C15H24O3S/c3*19-13-1-7-16(8-2-13)22(17-9-3-14(20)4-10-17)18-11-5-15(21)6-12-18;1-9(2)12-7-13(10(3)4)15(14(8-12)11(5)6)30-33(28,29)17(21,22)32(26,27)23-31(24,25)16(18,19)20;1-9(2)12-7-13(10(3)4)15(14(8-12)11(5)6)24-26(22,23)16(17,18)25(19,20)21;1-9(2)12-7-13(10(3)4)15(19(16,17)18)14(8-12)11(5)6/h3*1-12H;7-11H,1-6H3;7-11H,1-6H3,(H,19,20,21);7-11H,1-6H3,(H,16,17,18)/q3*+1;-1;;/p-2. The van der Waals surface area contributed by atoms with E-state index in [0.717, 1.165) is 59.3 Å². The summed E-state index contributed by atoms with van der Waals surface area (Å²) in [6.07, 6.45) is 0. The molecule has 0 saturated carbocycles. The lowest BCUT2D eigenvalue weighted by molar-refractivity contribution is -0.0425. The molecule has 0 unspecified atom stereocenters. The molecule has 0 saturated heterocycles. The predicted molar refractivity (Wildman–Crippen MR) is 524 cm³/mol. The summed E-state index contributed by atoms with van der Waals surface area (Å²) in [5, 5.41) is 0. The maximum absolute atomic E-state index is 14.4. The Labute approximate surface area is 839 Å². The number of nitrogens with zero attached hydrogens (tertiary/aromatic N) is 1. The van der Waals surface area contributed by atoms with Crippen LogP contribution in [0.3, 0.4) is 0 Å². The molecule has 0 fully saturated rings. The Morgan fingerprint density at radius 2 is 0.403 bits per heavy atom. The minimum absolute atomic E-state index is 0.00919. The molecule has 0 N–H and O–H groups in total. The van der Waals surface area contributed by atoms with Crippen molar-refractivity contribution in [1.82, 2.24) is 0 Å². The molecule has 0 aliphatic carbocycles. The molecule has 12 aromatic rings.